The van der Waals surface area contributed by atoms with Gasteiger partial charge in [0, 0.05) is 0 Å². The Hall–Kier alpha value is 0.702. The monoisotopic (exact) mass is 314 g/mol. The third-order valence-electron chi connectivity index (χ3n) is 0.892. The van der Waals surface area contributed by atoms with Crippen LogP contribution in [0.3, 0.4) is 0 Å². The summed E-state index contributed by atoms with van der Waals surface area (Å²) in [7, 11) is 4.49. The van der Waals surface area contributed by atoms with Crippen LogP contribution < -0.4 is 0 Å². The zero-order valence-electron chi connectivity index (χ0n) is 6.40. The third kappa shape index (κ3) is 8.80. The summed E-state index contributed by atoms with van der Waals surface area (Å²) in [6.07, 6.45) is 1.78. The molecule has 2 atom stereocenters. The first-order chi connectivity index (χ1) is 4.93. The van der Waals surface area contributed by atoms with Crippen molar-refractivity contribution in [2.45, 2.75) is 0 Å². The van der Waals surface area contributed by atoms with E-state index in [0.29, 0.717) is 5.56 Å². The first-order valence-electron chi connectivity index (χ1n) is 2.48. The van der Waals surface area contributed by atoms with Crippen molar-refractivity contribution in [1.29, 1.82) is 0 Å². The summed E-state index contributed by atoms with van der Waals surface area (Å²) in [6, 6.07) is 8.90. The molecule has 1 aromatic rings. The average Bonchev–Trinajstić information content (AvgIpc) is 2.10. The molecule has 0 amide bonds. The Kier molecular flexibility index (Phi) is 21.9. The molecule has 0 radical (unpaired) electrons. The number of carbonyl (C=O) groups excluding carboxylic acids is 1. The van der Waals surface area contributed by atoms with Crippen LogP contribution in [0.4, 0.5) is 0 Å². The van der Waals surface area contributed by atoms with Gasteiger partial charge in [0.1, 0.15) is 0 Å². The Morgan fingerprint density at radius 3 is 1.75 bits per heavy atom. The van der Waals surface area contributed by atoms with Gasteiger partial charge >= 0.3 is 27.7 Å². The molecule has 1 nitrogen and oxygen atoms in total. The Bertz CT molecular complexity index is 184. The van der Waals surface area contributed by atoms with Gasteiger partial charge in [-0.3, -0.25) is 0 Å². The van der Waals surface area contributed by atoms with Crippen LogP contribution in [-0.2, 0) is 23.0 Å². The molecule has 0 fully saturated rings. The van der Waals surface area contributed by atoms with E-state index in [9.17, 15) is 4.79 Å². The van der Waals surface area contributed by atoms with Gasteiger partial charge in [-0.1, -0.05) is 6.07 Å². The van der Waals surface area contributed by atoms with Crippen molar-refractivity contribution in [2.24, 2.45) is 0 Å². The quantitative estimate of drug-likeness (QED) is 0.440. The molecule has 2 unspecified atom stereocenters. The van der Waals surface area contributed by atoms with Crippen molar-refractivity contribution >= 4 is 35.6 Å². The molecule has 1 rings (SSSR count). The van der Waals surface area contributed by atoms with Crippen LogP contribution in [0.25, 0.3) is 0 Å². The summed E-state index contributed by atoms with van der Waals surface area (Å²) in [5.74, 6) is 0. The molecule has 5 heteroatoms. The zero-order valence-corrected chi connectivity index (χ0v) is 11.5. The molecule has 1 aromatic carbocycles. The van der Waals surface area contributed by atoms with Crippen LogP contribution in [0.1, 0.15) is 5.56 Å². The SMILES string of the molecule is O=[C-]c1ccccc1.P.P.[Cl][Pd+]. The van der Waals surface area contributed by atoms with Crippen molar-refractivity contribution in [3.8, 4) is 0 Å². The fourth-order valence-corrected chi connectivity index (χ4v) is 0.506. The zero-order chi connectivity index (χ0) is 7.82. The van der Waals surface area contributed by atoms with E-state index in [1.165, 1.54) is 0 Å². The fourth-order valence-electron chi connectivity index (χ4n) is 0.506. The Labute approximate surface area is 94.3 Å². The van der Waals surface area contributed by atoms with Gasteiger partial charge in [-0.05, 0) is 0 Å². The van der Waals surface area contributed by atoms with E-state index in [1.54, 1.807) is 30.6 Å². The summed E-state index contributed by atoms with van der Waals surface area (Å²) in [5, 5.41) is 0. The Balaban J connectivity index is -0.000000189. The number of hydrogen-bond acceptors (Lipinski definition) is 1. The van der Waals surface area contributed by atoms with Crippen molar-refractivity contribution in [2.75, 3.05) is 0 Å². The van der Waals surface area contributed by atoms with Gasteiger partial charge in [-0.15, -0.1) is 12.1 Å². The summed E-state index contributed by atoms with van der Waals surface area (Å²) in [5.41, 5.74) is 0.604. The number of benzene rings is 1. The van der Waals surface area contributed by atoms with Crippen LogP contribution >= 0.6 is 29.3 Å². The first kappa shape index (κ1) is 18.5. The van der Waals surface area contributed by atoms with E-state index in [-0.39, 0.29) is 19.8 Å². The average molecular weight is 315 g/mol. The minimum absolute atomic E-state index is 0. The van der Waals surface area contributed by atoms with Gasteiger partial charge in [0.25, 0.3) is 0 Å². The summed E-state index contributed by atoms with van der Waals surface area (Å²) >= 11 is 2.22. The molecule has 0 aromatic heterocycles. The van der Waals surface area contributed by atoms with E-state index in [0.717, 1.165) is 0 Å². The van der Waals surface area contributed by atoms with Crippen molar-refractivity contribution < 1.29 is 23.0 Å². The standard InChI is InChI=1S/C7H5O.ClH.2H3P.Pd/c8-6-7-4-2-1-3-5-7;;;;/h1-5H;1H;2*1H3;/q-1;;;;+2/p-1. The van der Waals surface area contributed by atoms with Crippen molar-refractivity contribution in [1.82, 2.24) is 0 Å². The maximum absolute atomic E-state index is 9.88. The molecule has 0 bridgehead atoms. The van der Waals surface area contributed by atoms with Crippen LogP contribution in [0, 0.1) is 0 Å². The topological polar surface area (TPSA) is 17.1 Å². The number of halogens is 1. The molecule has 0 aliphatic carbocycles. The van der Waals surface area contributed by atoms with Gasteiger partial charge in [-0.25, -0.2) is 0 Å². The van der Waals surface area contributed by atoms with Crippen LogP contribution in [0.5, 0.6) is 0 Å². The molecular formula is C7H11ClOP2Pd. The molecule has 0 saturated heterocycles. The van der Waals surface area contributed by atoms with E-state index >= 15 is 0 Å². The van der Waals surface area contributed by atoms with Gasteiger partial charge in [0.2, 0.25) is 0 Å². The van der Waals surface area contributed by atoms with Gasteiger partial charge in [0.05, 0.1) is 6.29 Å². The molecule has 0 aliphatic heterocycles. The van der Waals surface area contributed by atoms with Crippen molar-refractivity contribution in [3.05, 3.63) is 35.9 Å². The number of rotatable bonds is 1. The normalized spacial score (nSPS) is 6.25. The van der Waals surface area contributed by atoms with Crippen LogP contribution in [0.15, 0.2) is 30.3 Å². The molecule has 0 aliphatic rings. The predicted molar refractivity (Wildman–Crippen MR) is 59.3 cm³/mol. The minimum atomic E-state index is 0. The molecular weight excluding hydrogens is 304 g/mol. The first-order valence-corrected chi connectivity index (χ1v) is 4.49. The van der Waals surface area contributed by atoms with Gasteiger partial charge in [0.15, 0.2) is 0 Å². The van der Waals surface area contributed by atoms with Crippen molar-refractivity contribution in [3.63, 3.8) is 0 Å². The van der Waals surface area contributed by atoms with E-state index < -0.39 is 0 Å². The summed E-state index contributed by atoms with van der Waals surface area (Å²) in [6.45, 7) is 0. The van der Waals surface area contributed by atoms with E-state index in [4.69, 9.17) is 0 Å². The Morgan fingerprint density at radius 1 is 1.08 bits per heavy atom. The van der Waals surface area contributed by atoms with Crippen LogP contribution in [-0.4, -0.2) is 6.29 Å². The Morgan fingerprint density at radius 2 is 1.50 bits per heavy atom. The third-order valence-corrected chi connectivity index (χ3v) is 0.892. The molecule has 0 saturated carbocycles. The maximum atomic E-state index is 9.88. The number of hydrogen-bond donors (Lipinski definition) is 0. The summed E-state index contributed by atoms with van der Waals surface area (Å²) in [4.78, 5) is 9.88. The van der Waals surface area contributed by atoms with Gasteiger partial charge < -0.3 is 4.79 Å². The second kappa shape index (κ2) is 14.2. The molecule has 0 N–H and O–H groups in total. The van der Waals surface area contributed by atoms with E-state index in [2.05, 4.69) is 27.7 Å². The molecule has 0 heterocycles. The second-order valence-electron chi connectivity index (χ2n) is 1.47. The van der Waals surface area contributed by atoms with Crippen LogP contribution in [0.2, 0.25) is 0 Å². The molecule has 72 valence electrons. The second-order valence-corrected chi connectivity index (χ2v) is 1.47. The van der Waals surface area contributed by atoms with E-state index in [1.807, 2.05) is 6.07 Å². The summed E-state index contributed by atoms with van der Waals surface area (Å²) < 4.78 is 0. The molecule has 0 spiro atoms. The predicted octanol–water partition coefficient (Wildman–Crippen LogP) is 1.95. The fraction of sp³-hybridized carbons (Fsp3) is 0. The molecule has 12 heavy (non-hydrogen) atoms. The van der Waals surface area contributed by atoms with Gasteiger partial charge in [-0.2, -0.15) is 37.5 Å².